The van der Waals surface area contributed by atoms with Crippen molar-refractivity contribution < 1.29 is 13.9 Å². The van der Waals surface area contributed by atoms with Gasteiger partial charge in [-0.15, -0.1) is 0 Å². The molecule has 0 aliphatic heterocycles. The fourth-order valence-electron chi connectivity index (χ4n) is 2.20. The number of nitrogens with one attached hydrogen (secondary N) is 2. The van der Waals surface area contributed by atoms with E-state index in [-0.39, 0.29) is 11.9 Å². The molecule has 1 aromatic carbocycles. The molecule has 0 amide bonds. The molecule has 1 heterocycles. The Morgan fingerprint density at radius 3 is 2.77 bits per heavy atom. The Morgan fingerprint density at radius 1 is 1.23 bits per heavy atom. The lowest BCUT2D eigenvalue weighted by molar-refractivity contribution is 0.198. The van der Waals surface area contributed by atoms with E-state index in [4.69, 9.17) is 9.47 Å². The van der Waals surface area contributed by atoms with Gasteiger partial charge >= 0.3 is 0 Å². The Labute approximate surface area is 153 Å². The zero-order chi connectivity index (χ0) is 18.6. The van der Waals surface area contributed by atoms with Crippen LogP contribution in [0.3, 0.4) is 0 Å². The van der Waals surface area contributed by atoms with E-state index in [1.807, 2.05) is 19.1 Å². The molecule has 0 radical (unpaired) electrons. The Morgan fingerprint density at radius 2 is 2.08 bits per heavy atom. The predicted molar refractivity (Wildman–Crippen MR) is 100 cm³/mol. The first kappa shape index (κ1) is 19.5. The fraction of sp³-hybridized carbons (Fsp3) is 0.368. The second-order valence-corrected chi connectivity index (χ2v) is 5.52. The highest BCUT2D eigenvalue weighted by Gasteiger charge is 2.10. The van der Waals surface area contributed by atoms with Crippen molar-refractivity contribution in [3.8, 4) is 11.5 Å². The molecule has 0 saturated carbocycles. The number of aromatic nitrogens is 1. The van der Waals surface area contributed by atoms with Gasteiger partial charge in [-0.25, -0.2) is 4.39 Å². The second kappa shape index (κ2) is 10.9. The molecule has 7 heteroatoms. The molecule has 2 aromatic rings. The summed E-state index contributed by atoms with van der Waals surface area (Å²) in [6, 6.07) is 9.83. The van der Waals surface area contributed by atoms with Crippen molar-refractivity contribution in [2.24, 2.45) is 4.99 Å². The number of hydrogen-bond donors (Lipinski definition) is 2. The highest BCUT2D eigenvalue weighted by atomic mass is 19.1. The lowest BCUT2D eigenvalue weighted by atomic mass is 10.2. The van der Waals surface area contributed by atoms with Gasteiger partial charge in [0.1, 0.15) is 30.0 Å². The van der Waals surface area contributed by atoms with Crippen molar-refractivity contribution in [3.63, 3.8) is 0 Å². The summed E-state index contributed by atoms with van der Waals surface area (Å²) in [6.07, 6.45) is 4.06. The van der Waals surface area contributed by atoms with Gasteiger partial charge < -0.3 is 20.1 Å². The van der Waals surface area contributed by atoms with Crippen LogP contribution in [-0.4, -0.2) is 43.8 Å². The minimum absolute atomic E-state index is 0.0954. The van der Waals surface area contributed by atoms with E-state index in [0.717, 1.165) is 12.2 Å². The highest BCUT2D eigenvalue weighted by molar-refractivity contribution is 5.79. The molecule has 2 N–H and O–H groups in total. The summed E-state index contributed by atoms with van der Waals surface area (Å²) in [5, 5.41) is 6.38. The number of nitrogens with zero attached hydrogens (tertiary/aromatic N) is 2. The molecule has 0 bridgehead atoms. The van der Waals surface area contributed by atoms with Gasteiger partial charge in [0, 0.05) is 19.3 Å². The standard InChI is InChI=1S/C19H25FN4O2/c1-3-16(26-17-7-4-6-15(20)12-17)14-24-19(21-2)23-10-11-25-18-8-5-9-22-13-18/h4-9,12-13,16H,3,10-11,14H2,1-2H3,(H2,21,23,24). The van der Waals surface area contributed by atoms with Crippen LogP contribution in [0, 0.1) is 5.82 Å². The van der Waals surface area contributed by atoms with Gasteiger partial charge in [0.15, 0.2) is 5.96 Å². The van der Waals surface area contributed by atoms with Gasteiger partial charge in [-0.3, -0.25) is 9.98 Å². The first-order valence-electron chi connectivity index (χ1n) is 8.60. The fourth-order valence-corrected chi connectivity index (χ4v) is 2.20. The molecule has 26 heavy (non-hydrogen) atoms. The van der Waals surface area contributed by atoms with E-state index in [1.165, 1.54) is 12.1 Å². The number of aliphatic imine (C=N–C) groups is 1. The first-order valence-corrected chi connectivity index (χ1v) is 8.60. The number of hydrogen-bond acceptors (Lipinski definition) is 4. The predicted octanol–water partition coefficient (Wildman–Crippen LogP) is 2.62. The SMILES string of the molecule is CCC(CNC(=NC)NCCOc1cccnc1)Oc1cccc(F)c1. The highest BCUT2D eigenvalue weighted by Crippen LogP contribution is 2.14. The van der Waals surface area contributed by atoms with Crippen LogP contribution < -0.4 is 20.1 Å². The van der Waals surface area contributed by atoms with Crippen LogP contribution in [0.2, 0.25) is 0 Å². The normalized spacial score (nSPS) is 12.3. The summed E-state index contributed by atoms with van der Waals surface area (Å²) in [7, 11) is 1.70. The summed E-state index contributed by atoms with van der Waals surface area (Å²) >= 11 is 0. The smallest absolute Gasteiger partial charge is 0.191 e. The van der Waals surface area contributed by atoms with Crippen LogP contribution in [-0.2, 0) is 0 Å². The molecule has 0 saturated heterocycles. The lowest BCUT2D eigenvalue weighted by Crippen LogP contribution is -2.43. The third kappa shape index (κ3) is 6.96. The Kier molecular flexibility index (Phi) is 8.18. The quantitative estimate of drug-likeness (QED) is 0.409. The molecule has 1 aromatic heterocycles. The molecule has 140 valence electrons. The molecule has 6 nitrogen and oxygen atoms in total. The minimum atomic E-state index is -0.309. The van der Waals surface area contributed by atoms with E-state index in [1.54, 1.807) is 31.6 Å². The summed E-state index contributed by atoms with van der Waals surface area (Å²) in [5.74, 6) is 1.59. The number of benzene rings is 1. The van der Waals surface area contributed by atoms with Gasteiger partial charge in [-0.1, -0.05) is 13.0 Å². The maximum atomic E-state index is 13.2. The molecule has 0 aliphatic rings. The van der Waals surface area contributed by atoms with Crippen LogP contribution >= 0.6 is 0 Å². The minimum Gasteiger partial charge on any atom is -0.490 e. The maximum absolute atomic E-state index is 13.2. The average molecular weight is 360 g/mol. The van der Waals surface area contributed by atoms with Gasteiger partial charge in [0.05, 0.1) is 19.3 Å². The van der Waals surface area contributed by atoms with Crippen LogP contribution in [0.1, 0.15) is 13.3 Å². The average Bonchev–Trinajstić information content (AvgIpc) is 2.67. The molecule has 2 rings (SSSR count). The van der Waals surface area contributed by atoms with E-state index >= 15 is 0 Å². The monoisotopic (exact) mass is 360 g/mol. The number of guanidine groups is 1. The van der Waals surface area contributed by atoms with Crippen molar-refractivity contribution in [1.29, 1.82) is 0 Å². The molecule has 0 spiro atoms. The van der Waals surface area contributed by atoms with E-state index in [0.29, 0.717) is 31.4 Å². The third-order valence-corrected chi connectivity index (χ3v) is 3.57. The summed E-state index contributed by atoms with van der Waals surface area (Å²) in [4.78, 5) is 8.16. The van der Waals surface area contributed by atoms with Crippen molar-refractivity contribution in [3.05, 3.63) is 54.6 Å². The van der Waals surface area contributed by atoms with Crippen LogP contribution in [0.25, 0.3) is 0 Å². The summed E-state index contributed by atoms with van der Waals surface area (Å²) < 4.78 is 24.6. The molecule has 0 aliphatic carbocycles. The zero-order valence-electron chi connectivity index (χ0n) is 15.1. The van der Waals surface area contributed by atoms with Gasteiger partial charge in [-0.05, 0) is 30.7 Å². The zero-order valence-corrected chi connectivity index (χ0v) is 15.1. The third-order valence-electron chi connectivity index (χ3n) is 3.57. The van der Waals surface area contributed by atoms with Crippen molar-refractivity contribution in [1.82, 2.24) is 15.6 Å². The van der Waals surface area contributed by atoms with E-state index in [9.17, 15) is 4.39 Å². The Hall–Kier alpha value is -2.83. The van der Waals surface area contributed by atoms with Crippen molar-refractivity contribution >= 4 is 5.96 Å². The molecular weight excluding hydrogens is 335 g/mol. The number of rotatable bonds is 9. The van der Waals surface area contributed by atoms with Gasteiger partial charge in [0.25, 0.3) is 0 Å². The molecule has 1 atom stereocenters. The van der Waals surface area contributed by atoms with Gasteiger partial charge in [-0.2, -0.15) is 0 Å². The van der Waals surface area contributed by atoms with Crippen molar-refractivity contribution in [2.75, 3.05) is 26.7 Å². The lowest BCUT2D eigenvalue weighted by Gasteiger charge is -2.20. The van der Waals surface area contributed by atoms with Crippen LogP contribution in [0.15, 0.2) is 53.8 Å². The molecule has 1 unspecified atom stereocenters. The number of halogens is 1. The largest absolute Gasteiger partial charge is 0.490 e. The number of pyridine rings is 1. The topological polar surface area (TPSA) is 67.8 Å². The van der Waals surface area contributed by atoms with Crippen molar-refractivity contribution in [2.45, 2.75) is 19.4 Å². The second-order valence-electron chi connectivity index (χ2n) is 5.52. The van der Waals surface area contributed by atoms with Crippen LogP contribution in [0.5, 0.6) is 11.5 Å². The molecule has 0 fully saturated rings. The maximum Gasteiger partial charge on any atom is 0.191 e. The first-order chi connectivity index (χ1) is 12.7. The van der Waals surface area contributed by atoms with E-state index in [2.05, 4.69) is 20.6 Å². The van der Waals surface area contributed by atoms with E-state index < -0.39 is 0 Å². The Balaban J connectivity index is 1.71. The Bertz CT molecular complexity index is 682. The van der Waals surface area contributed by atoms with Crippen LogP contribution in [0.4, 0.5) is 4.39 Å². The summed E-state index contributed by atoms with van der Waals surface area (Å²) in [5.41, 5.74) is 0. The summed E-state index contributed by atoms with van der Waals surface area (Å²) in [6.45, 7) is 3.65. The number of ether oxygens (including phenoxy) is 2. The molecular formula is C19H25FN4O2. The van der Waals surface area contributed by atoms with Gasteiger partial charge in [0.2, 0.25) is 0 Å².